The van der Waals surface area contributed by atoms with Crippen LogP contribution in [0.15, 0.2) is 23.0 Å². The minimum Gasteiger partial charge on any atom is -0.472 e. The maximum atomic E-state index is 4.78. The first-order chi connectivity index (χ1) is 3.43. The van der Waals surface area contributed by atoms with Crippen LogP contribution in [0.25, 0.3) is 0 Å². The van der Waals surface area contributed by atoms with Crippen LogP contribution in [-0.4, -0.2) is 0 Å². The number of alkyl halides is 1. The second-order valence-corrected chi connectivity index (χ2v) is 1.83. The van der Waals surface area contributed by atoms with E-state index < -0.39 is 0 Å². The van der Waals surface area contributed by atoms with Crippen LogP contribution in [-0.2, 0) is 5.33 Å². The summed E-state index contributed by atoms with van der Waals surface area (Å²) in [6, 6.07) is 1.93. The third kappa shape index (κ3) is 1.06. The summed E-state index contributed by atoms with van der Waals surface area (Å²) in [5.41, 5.74) is 1.18. The molecule has 0 atom stereocenters. The normalized spacial score (nSPS) is 9.29. The standard InChI is InChI=1S/C5H5BrO/c6-3-5-1-2-7-4-5/h1-2,4H,3H2. The molecule has 38 valence electrons. The van der Waals surface area contributed by atoms with Gasteiger partial charge < -0.3 is 4.42 Å². The van der Waals surface area contributed by atoms with E-state index in [1.165, 1.54) is 5.56 Å². The van der Waals surface area contributed by atoms with Crippen molar-refractivity contribution in [2.75, 3.05) is 0 Å². The highest BCUT2D eigenvalue weighted by molar-refractivity contribution is 9.08. The predicted octanol–water partition coefficient (Wildman–Crippen LogP) is 2.17. The van der Waals surface area contributed by atoms with E-state index in [0.717, 1.165) is 5.33 Å². The lowest BCUT2D eigenvalue weighted by Crippen LogP contribution is -1.61. The van der Waals surface area contributed by atoms with Crippen LogP contribution in [0.4, 0.5) is 0 Å². The smallest absolute Gasteiger partial charge is 0.0943 e. The van der Waals surface area contributed by atoms with Crippen molar-refractivity contribution >= 4 is 15.9 Å². The third-order valence-electron chi connectivity index (χ3n) is 0.734. The zero-order valence-corrected chi connectivity index (χ0v) is 5.31. The highest BCUT2D eigenvalue weighted by Gasteiger charge is 1.85. The van der Waals surface area contributed by atoms with Gasteiger partial charge in [-0.1, -0.05) is 15.9 Å². The molecule has 0 amide bonds. The van der Waals surface area contributed by atoms with E-state index >= 15 is 0 Å². The van der Waals surface area contributed by atoms with Crippen LogP contribution in [0.2, 0.25) is 0 Å². The molecule has 7 heavy (non-hydrogen) atoms. The highest BCUT2D eigenvalue weighted by atomic mass is 79.9. The minimum atomic E-state index is 0.878. The van der Waals surface area contributed by atoms with Crippen molar-refractivity contribution in [1.82, 2.24) is 0 Å². The number of hydrogen-bond acceptors (Lipinski definition) is 1. The Balaban J connectivity index is 2.76. The van der Waals surface area contributed by atoms with E-state index in [0.29, 0.717) is 0 Å². The van der Waals surface area contributed by atoms with Crippen molar-refractivity contribution in [1.29, 1.82) is 0 Å². The molecule has 1 aromatic heterocycles. The van der Waals surface area contributed by atoms with Gasteiger partial charge in [-0.15, -0.1) is 0 Å². The summed E-state index contributed by atoms with van der Waals surface area (Å²) in [5, 5.41) is 0.878. The van der Waals surface area contributed by atoms with Gasteiger partial charge in [0.15, 0.2) is 0 Å². The van der Waals surface area contributed by atoms with E-state index in [2.05, 4.69) is 15.9 Å². The maximum absolute atomic E-state index is 4.78. The minimum absolute atomic E-state index is 0.878. The molecule has 0 saturated carbocycles. The van der Waals surface area contributed by atoms with Crippen molar-refractivity contribution in [3.05, 3.63) is 24.2 Å². The van der Waals surface area contributed by atoms with Crippen molar-refractivity contribution in [3.63, 3.8) is 0 Å². The molecule has 0 spiro atoms. The van der Waals surface area contributed by atoms with Gasteiger partial charge >= 0.3 is 0 Å². The van der Waals surface area contributed by atoms with Gasteiger partial charge in [0.2, 0.25) is 0 Å². The van der Waals surface area contributed by atoms with Crippen molar-refractivity contribution in [3.8, 4) is 0 Å². The summed E-state index contributed by atoms with van der Waals surface area (Å²) in [6.07, 6.45) is 3.38. The Morgan fingerprint density at radius 3 is 2.86 bits per heavy atom. The molecular formula is C5H5BrO. The molecular weight excluding hydrogens is 156 g/mol. The SMILES string of the molecule is BrCc1ccoc1. The van der Waals surface area contributed by atoms with Crippen LogP contribution in [0.1, 0.15) is 5.56 Å². The van der Waals surface area contributed by atoms with E-state index in [4.69, 9.17) is 4.42 Å². The Labute approximate surface area is 50.5 Å². The molecule has 2 heteroatoms. The fraction of sp³-hybridized carbons (Fsp3) is 0.200. The molecule has 0 N–H and O–H groups in total. The van der Waals surface area contributed by atoms with E-state index in [1.807, 2.05) is 6.07 Å². The number of halogens is 1. The third-order valence-corrected chi connectivity index (χ3v) is 1.38. The monoisotopic (exact) mass is 160 g/mol. The lowest BCUT2D eigenvalue weighted by Gasteiger charge is -1.75. The quantitative estimate of drug-likeness (QED) is 0.575. The van der Waals surface area contributed by atoms with Crippen LogP contribution >= 0.6 is 15.9 Å². The predicted molar refractivity (Wildman–Crippen MR) is 31.3 cm³/mol. The van der Waals surface area contributed by atoms with Crippen molar-refractivity contribution < 1.29 is 4.42 Å². The molecule has 0 aliphatic heterocycles. The fourth-order valence-electron chi connectivity index (χ4n) is 0.369. The zero-order chi connectivity index (χ0) is 5.11. The zero-order valence-electron chi connectivity index (χ0n) is 3.73. The van der Waals surface area contributed by atoms with Gasteiger partial charge in [-0.3, -0.25) is 0 Å². The largest absolute Gasteiger partial charge is 0.472 e. The Morgan fingerprint density at radius 2 is 2.57 bits per heavy atom. The first-order valence-electron chi connectivity index (χ1n) is 2.00. The Hall–Kier alpha value is -0.240. The molecule has 0 saturated heterocycles. The van der Waals surface area contributed by atoms with Gasteiger partial charge in [-0.25, -0.2) is 0 Å². The average molecular weight is 161 g/mol. The maximum Gasteiger partial charge on any atom is 0.0943 e. The van der Waals surface area contributed by atoms with Crippen molar-refractivity contribution in [2.24, 2.45) is 0 Å². The molecule has 0 radical (unpaired) electrons. The number of hydrogen-bond donors (Lipinski definition) is 0. The molecule has 0 fully saturated rings. The first kappa shape index (κ1) is 4.91. The molecule has 0 aliphatic carbocycles. The average Bonchev–Trinajstić information content (AvgIpc) is 2.14. The summed E-state index contributed by atoms with van der Waals surface area (Å²) in [7, 11) is 0. The van der Waals surface area contributed by atoms with Gasteiger partial charge in [0, 0.05) is 10.9 Å². The molecule has 0 unspecified atom stereocenters. The summed E-state index contributed by atoms with van der Waals surface area (Å²) in [4.78, 5) is 0. The molecule has 0 aliphatic rings. The lowest BCUT2D eigenvalue weighted by molar-refractivity contribution is 0.565. The van der Waals surface area contributed by atoms with Crippen LogP contribution < -0.4 is 0 Å². The van der Waals surface area contributed by atoms with Gasteiger partial charge in [0.25, 0.3) is 0 Å². The van der Waals surface area contributed by atoms with Crippen molar-refractivity contribution in [2.45, 2.75) is 5.33 Å². The summed E-state index contributed by atoms with van der Waals surface area (Å²) in [5.74, 6) is 0. The number of furan rings is 1. The molecule has 0 aromatic carbocycles. The number of rotatable bonds is 1. The van der Waals surface area contributed by atoms with E-state index in [-0.39, 0.29) is 0 Å². The summed E-state index contributed by atoms with van der Waals surface area (Å²) < 4.78 is 4.78. The van der Waals surface area contributed by atoms with Gasteiger partial charge in [-0.05, 0) is 6.07 Å². The van der Waals surface area contributed by atoms with E-state index in [1.54, 1.807) is 12.5 Å². The Morgan fingerprint density at radius 1 is 1.71 bits per heavy atom. The molecule has 1 aromatic rings. The molecule has 0 bridgehead atoms. The highest BCUT2D eigenvalue weighted by Crippen LogP contribution is 2.03. The lowest BCUT2D eigenvalue weighted by atomic mass is 10.4. The van der Waals surface area contributed by atoms with E-state index in [9.17, 15) is 0 Å². The summed E-state index contributed by atoms with van der Waals surface area (Å²) in [6.45, 7) is 0. The second-order valence-electron chi connectivity index (χ2n) is 1.27. The molecule has 1 nitrogen and oxygen atoms in total. The summed E-state index contributed by atoms with van der Waals surface area (Å²) >= 11 is 3.28. The van der Waals surface area contributed by atoms with Gasteiger partial charge in [0.05, 0.1) is 12.5 Å². The second kappa shape index (κ2) is 2.17. The molecule has 1 heterocycles. The Kier molecular flexibility index (Phi) is 1.52. The first-order valence-corrected chi connectivity index (χ1v) is 3.12. The van der Waals surface area contributed by atoms with Gasteiger partial charge in [-0.2, -0.15) is 0 Å². The Bertz CT molecular complexity index is 123. The van der Waals surface area contributed by atoms with Crippen LogP contribution in [0, 0.1) is 0 Å². The van der Waals surface area contributed by atoms with Crippen LogP contribution in [0.5, 0.6) is 0 Å². The molecule has 1 rings (SSSR count). The van der Waals surface area contributed by atoms with Crippen LogP contribution in [0.3, 0.4) is 0 Å². The fourth-order valence-corrected chi connectivity index (χ4v) is 0.688. The van der Waals surface area contributed by atoms with Gasteiger partial charge in [0.1, 0.15) is 0 Å². The topological polar surface area (TPSA) is 13.1 Å².